The van der Waals surface area contributed by atoms with Gasteiger partial charge in [0.1, 0.15) is 5.75 Å². The number of carbonyl (C=O) groups excluding carboxylic acids is 2. The van der Waals surface area contributed by atoms with Gasteiger partial charge < -0.3 is 14.6 Å². The Hall–Kier alpha value is -2.94. The molecular weight excluding hydrogens is 450 g/mol. The van der Waals surface area contributed by atoms with Crippen LogP contribution in [0.3, 0.4) is 0 Å². The molecule has 3 fully saturated rings. The Kier molecular flexibility index (Phi) is 5.72. The molecular formula is C25H29N5O3S. The molecule has 0 unspecified atom stereocenters. The number of nitrogens with zero attached hydrogens (tertiary/aromatic N) is 4. The van der Waals surface area contributed by atoms with Crippen molar-refractivity contribution >= 4 is 38.5 Å². The minimum absolute atomic E-state index is 0.0670. The number of aromatic amines is 1. The number of H-pyrrole nitrogens is 1. The molecule has 8 nitrogen and oxygen atoms in total. The highest BCUT2D eigenvalue weighted by Gasteiger charge is 2.37. The molecule has 2 amide bonds. The molecule has 3 heterocycles. The number of likely N-dealkylation sites (tertiary alicyclic amines) is 1. The topological polar surface area (TPSA) is 91.4 Å². The summed E-state index contributed by atoms with van der Waals surface area (Å²) in [5.74, 6) is 2.00. The first-order valence-electron chi connectivity index (χ1n) is 12.2. The van der Waals surface area contributed by atoms with Gasteiger partial charge in [0.15, 0.2) is 5.13 Å². The summed E-state index contributed by atoms with van der Waals surface area (Å²) in [6.07, 6.45) is 9.30. The standard InChI is InChI=1S/C25H29N5O3S/c31-23(17-3-4-17)29-9-7-18(8-10-29)24(32)30(13-19-12-26-15-27-19)25-28-21-6-5-20(11-22(21)34-25)33-14-16-1-2-16/h5-6,11-12,15-18H,1-4,7-10,13-14H2,(H,26,27). The molecule has 3 aromatic rings. The SMILES string of the molecule is O=C(C1CC1)N1CCC(C(=O)N(Cc2cnc[nH]2)c2nc3ccc(OCC4CC4)cc3s2)CC1. The molecule has 2 saturated carbocycles. The summed E-state index contributed by atoms with van der Waals surface area (Å²) >= 11 is 1.52. The second kappa shape index (κ2) is 9.02. The molecule has 6 rings (SSSR count). The number of amides is 2. The summed E-state index contributed by atoms with van der Waals surface area (Å²) in [6, 6.07) is 5.96. The predicted molar refractivity (Wildman–Crippen MR) is 130 cm³/mol. The van der Waals surface area contributed by atoms with E-state index in [1.165, 1.54) is 24.2 Å². The Balaban J connectivity index is 1.20. The van der Waals surface area contributed by atoms with Crippen molar-refractivity contribution in [1.29, 1.82) is 0 Å². The first-order valence-corrected chi connectivity index (χ1v) is 13.1. The van der Waals surface area contributed by atoms with Crippen molar-refractivity contribution in [3.63, 3.8) is 0 Å². The minimum atomic E-state index is -0.115. The number of thiazole rings is 1. The van der Waals surface area contributed by atoms with Crippen molar-refractivity contribution in [2.75, 3.05) is 24.6 Å². The zero-order valence-corrected chi connectivity index (χ0v) is 19.9. The van der Waals surface area contributed by atoms with Crippen LogP contribution in [0.5, 0.6) is 5.75 Å². The van der Waals surface area contributed by atoms with E-state index in [1.807, 2.05) is 23.1 Å². The number of ether oxygens (including phenoxy) is 1. The first kappa shape index (κ1) is 21.6. The number of piperidine rings is 1. The van der Waals surface area contributed by atoms with Gasteiger partial charge >= 0.3 is 0 Å². The van der Waals surface area contributed by atoms with Gasteiger partial charge in [-0.05, 0) is 62.6 Å². The van der Waals surface area contributed by atoms with Crippen LogP contribution in [-0.2, 0) is 16.1 Å². The normalized spacial score (nSPS) is 18.9. The van der Waals surface area contributed by atoms with Crippen LogP contribution in [0.15, 0.2) is 30.7 Å². The average molecular weight is 480 g/mol. The summed E-state index contributed by atoms with van der Waals surface area (Å²) in [6.45, 7) is 2.48. The molecule has 178 valence electrons. The number of hydrogen-bond donors (Lipinski definition) is 1. The van der Waals surface area contributed by atoms with Crippen molar-refractivity contribution in [3.8, 4) is 5.75 Å². The maximum atomic E-state index is 13.7. The zero-order valence-electron chi connectivity index (χ0n) is 19.1. The summed E-state index contributed by atoms with van der Waals surface area (Å²) < 4.78 is 6.95. The molecule has 0 spiro atoms. The van der Waals surface area contributed by atoms with Gasteiger partial charge in [0.05, 0.1) is 35.4 Å². The van der Waals surface area contributed by atoms with E-state index in [4.69, 9.17) is 9.72 Å². The van der Waals surface area contributed by atoms with E-state index in [0.29, 0.717) is 43.5 Å². The van der Waals surface area contributed by atoms with Crippen molar-refractivity contribution in [1.82, 2.24) is 19.9 Å². The van der Waals surface area contributed by atoms with Gasteiger partial charge in [-0.2, -0.15) is 0 Å². The fourth-order valence-electron chi connectivity index (χ4n) is 4.53. The lowest BCUT2D eigenvalue weighted by atomic mass is 9.95. The second-order valence-corrected chi connectivity index (χ2v) is 10.8. The first-order chi connectivity index (χ1) is 16.6. The number of benzene rings is 1. The molecule has 1 aromatic carbocycles. The van der Waals surface area contributed by atoms with E-state index in [-0.39, 0.29) is 23.7 Å². The van der Waals surface area contributed by atoms with Crippen LogP contribution in [0, 0.1) is 17.8 Å². The molecule has 9 heteroatoms. The van der Waals surface area contributed by atoms with Crippen LogP contribution in [0.1, 0.15) is 44.2 Å². The quantitative estimate of drug-likeness (QED) is 0.528. The third kappa shape index (κ3) is 4.66. The lowest BCUT2D eigenvalue weighted by Gasteiger charge is -2.33. The van der Waals surface area contributed by atoms with Gasteiger partial charge in [0, 0.05) is 31.1 Å². The summed E-state index contributed by atoms with van der Waals surface area (Å²) in [4.78, 5) is 41.9. The monoisotopic (exact) mass is 479 g/mol. The Labute approximate surface area is 202 Å². The third-order valence-corrected chi connectivity index (χ3v) is 8.04. The highest BCUT2D eigenvalue weighted by atomic mass is 32.1. The van der Waals surface area contributed by atoms with E-state index in [1.54, 1.807) is 17.4 Å². The fraction of sp³-hybridized carbons (Fsp3) is 0.520. The minimum Gasteiger partial charge on any atom is -0.493 e. The Morgan fingerprint density at radius 1 is 1.12 bits per heavy atom. The summed E-state index contributed by atoms with van der Waals surface area (Å²) in [5, 5.41) is 0.686. The van der Waals surface area contributed by atoms with Crippen molar-refractivity contribution in [2.45, 2.75) is 45.1 Å². The molecule has 3 aliphatic rings. The second-order valence-electron chi connectivity index (χ2n) is 9.76. The van der Waals surface area contributed by atoms with E-state index in [9.17, 15) is 9.59 Å². The molecule has 34 heavy (non-hydrogen) atoms. The number of anilines is 1. The van der Waals surface area contributed by atoms with Gasteiger partial charge in [0.2, 0.25) is 11.8 Å². The highest BCUT2D eigenvalue weighted by molar-refractivity contribution is 7.22. The van der Waals surface area contributed by atoms with Crippen LogP contribution in [0.2, 0.25) is 0 Å². The van der Waals surface area contributed by atoms with Gasteiger partial charge in [0.25, 0.3) is 0 Å². The number of fused-ring (bicyclic) bond motifs is 1. The summed E-state index contributed by atoms with van der Waals surface area (Å²) in [7, 11) is 0. The van der Waals surface area contributed by atoms with Crippen molar-refractivity contribution in [2.24, 2.45) is 17.8 Å². The van der Waals surface area contributed by atoms with Crippen LogP contribution in [0.25, 0.3) is 10.2 Å². The fourth-order valence-corrected chi connectivity index (χ4v) is 5.53. The highest BCUT2D eigenvalue weighted by Crippen LogP contribution is 2.36. The van der Waals surface area contributed by atoms with Gasteiger partial charge in [-0.1, -0.05) is 11.3 Å². The van der Waals surface area contributed by atoms with Crippen LogP contribution >= 0.6 is 11.3 Å². The Morgan fingerprint density at radius 2 is 1.94 bits per heavy atom. The molecule has 2 aliphatic carbocycles. The lowest BCUT2D eigenvalue weighted by Crippen LogP contribution is -2.44. The predicted octanol–water partition coefficient (Wildman–Crippen LogP) is 3.99. The van der Waals surface area contributed by atoms with E-state index >= 15 is 0 Å². The van der Waals surface area contributed by atoms with Crippen molar-refractivity contribution in [3.05, 3.63) is 36.4 Å². The van der Waals surface area contributed by atoms with Gasteiger partial charge in [-0.3, -0.25) is 14.5 Å². The summed E-state index contributed by atoms with van der Waals surface area (Å²) in [5.41, 5.74) is 1.73. The van der Waals surface area contributed by atoms with Crippen molar-refractivity contribution < 1.29 is 14.3 Å². The van der Waals surface area contributed by atoms with E-state index in [2.05, 4.69) is 9.97 Å². The number of hydrogen-bond acceptors (Lipinski definition) is 6. The smallest absolute Gasteiger partial charge is 0.232 e. The van der Waals surface area contributed by atoms with Gasteiger partial charge in [-0.25, -0.2) is 9.97 Å². The molecule has 1 N–H and O–H groups in total. The van der Waals surface area contributed by atoms with Crippen LogP contribution < -0.4 is 9.64 Å². The van der Waals surface area contributed by atoms with E-state index < -0.39 is 0 Å². The van der Waals surface area contributed by atoms with Crippen LogP contribution in [0.4, 0.5) is 5.13 Å². The third-order valence-electron chi connectivity index (χ3n) is 6.99. The zero-order chi connectivity index (χ0) is 23.1. The molecule has 0 atom stereocenters. The molecule has 0 bridgehead atoms. The van der Waals surface area contributed by atoms with Crippen LogP contribution in [-0.4, -0.2) is 51.4 Å². The Morgan fingerprint density at radius 3 is 2.65 bits per heavy atom. The number of nitrogens with one attached hydrogen (secondary N) is 1. The maximum absolute atomic E-state index is 13.7. The number of carbonyl (C=O) groups is 2. The lowest BCUT2D eigenvalue weighted by molar-refractivity contribution is -0.136. The average Bonchev–Trinajstić information content (AvgIpc) is 3.79. The molecule has 2 aromatic heterocycles. The van der Waals surface area contributed by atoms with E-state index in [0.717, 1.165) is 41.1 Å². The maximum Gasteiger partial charge on any atom is 0.232 e. The number of rotatable bonds is 8. The molecule has 1 aliphatic heterocycles. The largest absolute Gasteiger partial charge is 0.493 e. The Bertz CT molecular complexity index is 1180. The number of imidazole rings is 1. The van der Waals surface area contributed by atoms with Gasteiger partial charge in [-0.15, -0.1) is 0 Å². The molecule has 1 saturated heterocycles. The number of aromatic nitrogens is 3. The molecule has 0 radical (unpaired) electrons.